The molecule has 0 unspecified atom stereocenters. The minimum Gasteiger partial charge on any atom is -0.383 e. The van der Waals surface area contributed by atoms with Crippen LogP contribution < -0.4 is 10.0 Å². The second kappa shape index (κ2) is 10.1. The summed E-state index contributed by atoms with van der Waals surface area (Å²) in [5, 5.41) is 24.7. The third kappa shape index (κ3) is 6.04. The molecular weight excluding hydrogens is 432 g/mol. The molecule has 166 valence electrons. The van der Waals surface area contributed by atoms with Crippen LogP contribution >= 0.6 is 0 Å². The van der Waals surface area contributed by atoms with Crippen LogP contribution in [0.3, 0.4) is 0 Å². The highest BCUT2D eigenvalue weighted by Crippen LogP contribution is 2.28. The van der Waals surface area contributed by atoms with Crippen LogP contribution in [0.5, 0.6) is 0 Å². The number of ether oxygens (including phenoxy) is 1. The van der Waals surface area contributed by atoms with E-state index in [4.69, 9.17) is 4.74 Å². The topological polar surface area (TPSA) is 171 Å². The first-order valence-corrected chi connectivity index (χ1v) is 10.3. The molecule has 12 nitrogen and oxygen atoms in total. The van der Waals surface area contributed by atoms with Crippen LogP contribution in [-0.2, 0) is 21.3 Å². The maximum atomic E-state index is 12.5. The Kier molecular flexibility index (Phi) is 7.74. The van der Waals surface area contributed by atoms with E-state index >= 15 is 0 Å². The zero-order valence-corrected chi connectivity index (χ0v) is 17.5. The second-order valence-electron chi connectivity index (χ2n) is 6.37. The molecule has 0 saturated heterocycles. The molecule has 31 heavy (non-hydrogen) atoms. The third-order valence-electron chi connectivity index (χ3n) is 4.30. The minimum atomic E-state index is -3.70. The van der Waals surface area contributed by atoms with Crippen molar-refractivity contribution in [3.8, 4) is 0 Å². The molecule has 0 radical (unpaired) electrons. The SMILES string of the molecule is COCCNS(=O)(=O)c1ccc(CNC(=O)c2cc([N+](=O)[O-])cc([N+](=O)[O-])c2C)cc1. The highest BCUT2D eigenvalue weighted by atomic mass is 32.2. The lowest BCUT2D eigenvalue weighted by Crippen LogP contribution is -2.27. The van der Waals surface area contributed by atoms with Crippen LogP contribution in [0.4, 0.5) is 11.4 Å². The summed E-state index contributed by atoms with van der Waals surface area (Å²) in [6, 6.07) is 7.48. The Hall–Kier alpha value is -3.42. The Balaban J connectivity index is 2.14. The predicted molar refractivity (Wildman–Crippen MR) is 109 cm³/mol. The number of nitrogens with zero attached hydrogens (tertiary/aromatic N) is 2. The van der Waals surface area contributed by atoms with E-state index in [2.05, 4.69) is 10.0 Å². The Bertz CT molecular complexity index is 1100. The number of nitrogens with one attached hydrogen (secondary N) is 2. The summed E-state index contributed by atoms with van der Waals surface area (Å²) < 4.78 is 31.4. The van der Waals surface area contributed by atoms with Gasteiger partial charge in [0.15, 0.2) is 0 Å². The van der Waals surface area contributed by atoms with Crippen molar-refractivity contribution >= 4 is 27.3 Å². The van der Waals surface area contributed by atoms with Crippen molar-refractivity contribution in [3.63, 3.8) is 0 Å². The molecule has 2 N–H and O–H groups in total. The van der Waals surface area contributed by atoms with Gasteiger partial charge >= 0.3 is 0 Å². The molecule has 0 saturated carbocycles. The molecule has 0 bridgehead atoms. The fourth-order valence-electron chi connectivity index (χ4n) is 2.64. The summed E-state index contributed by atoms with van der Waals surface area (Å²) in [6.45, 7) is 1.64. The van der Waals surface area contributed by atoms with Crippen molar-refractivity contribution in [3.05, 3.63) is 73.3 Å². The average Bonchev–Trinajstić information content (AvgIpc) is 2.72. The number of carbonyl (C=O) groups is 1. The molecule has 13 heteroatoms. The summed E-state index contributed by atoms with van der Waals surface area (Å²) >= 11 is 0. The quantitative estimate of drug-likeness (QED) is 0.311. The Morgan fingerprint density at radius 3 is 2.29 bits per heavy atom. The van der Waals surface area contributed by atoms with Gasteiger partial charge in [-0.3, -0.25) is 25.0 Å². The van der Waals surface area contributed by atoms with Crippen LogP contribution in [0.1, 0.15) is 21.5 Å². The van der Waals surface area contributed by atoms with E-state index in [9.17, 15) is 33.4 Å². The first-order valence-electron chi connectivity index (χ1n) is 8.86. The van der Waals surface area contributed by atoms with Gasteiger partial charge in [0.05, 0.1) is 33.0 Å². The summed E-state index contributed by atoms with van der Waals surface area (Å²) in [4.78, 5) is 33.1. The van der Waals surface area contributed by atoms with Crippen LogP contribution in [0.15, 0.2) is 41.3 Å². The summed E-state index contributed by atoms with van der Waals surface area (Å²) in [7, 11) is -2.25. The first-order chi connectivity index (χ1) is 14.6. The number of methoxy groups -OCH3 is 1. The number of carbonyl (C=O) groups excluding carboxylic acids is 1. The van der Waals surface area contributed by atoms with Gasteiger partial charge in [0.1, 0.15) is 0 Å². The van der Waals surface area contributed by atoms with E-state index in [0.29, 0.717) is 5.56 Å². The van der Waals surface area contributed by atoms with Gasteiger partial charge in [-0.15, -0.1) is 0 Å². The maximum Gasteiger partial charge on any atom is 0.279 e. The van der Waals surface area contributed by atoms with Gasteiger partial charge in [0, 0.05) is 31.8 Å². The van der Waals surface area contributed by atoms with Crippen LogP contribution in [0.25, 0.3) is 0 Å². The maximum absolute atomic E-state index is 12.5. The second-order valence-corrected chi connectivity index (χ2v) is 8.14. The van der Waals surface area contributed by atoms with Gasteiger partial charge in [0.25, 0.3) is 17.3 Å². The van der Waals surface area contributed by atoms with E-state index < -0.39 is 37.2 Å². The van der Waals surface area contributed by atoms with Crippen molar-refractivity contribution in [2.24, 2.45) is 0 Å². The molecule has 0 aromatic heterocycles. The molecule has 0 atom stereocenters. The molecule has 0 aliphatic heterocycles. The van der Waals surface area contributed by atoms with Gasteiger partial charge in [-0.25, -0.2) is 13.1 Å². The minimum absolute atomic E-state index is 0.00308. The highest BCUT2D eigenvalue weighted by Gasteiger charge is 2.24. The van der Waals surface area contributed by atoms with E-state index in [1.807, 2.05) is 0 Å². The lowest BCUT2D eigenvalue weighted by molar-refractivity contribution is -0.394. The lowest BCUT2D eigenvalue weighted by atomic mass is 10.0. The molecule has 1 amide bonds. The van der Waals surface area contributed by atoms with Crippen molar-refractivity contribution in [2.45, 2.75) is 18.4 Å². The molecule has 2 aromatic rings. The molecule has 2 rings (SSSR count). The molecule has 2 aromatic carbocycles. The van der Waals surface area contributed by atoms with E-state index in [1.54, 1.807) is 0 Å². The summed E-state index contributed by atoms with van der Waals surface area (Å²) in [5.74, 6) is -0.734. The van der Waals surface area contributed by atoms with Gasteiger partial charge in [-0.2, -0.15) is 0 Å². The molecule has 0 aliphatic carbocycles. The Labute approximate surface area is 177 Å². The number of non-ortho nitro benzene ring substituents is 1. The van der Waals surface area contributed by atoms with Gasteiger partial charge < -0.3 is 10.1 Å². The van der Waals surface area contributed by atoms with E-state index in [0.717, 1.165) is 12.1 Å². The number of hydrogen-bond donors (Lipinski definition) is 2. The number of amides is 1. The molecule has 0 aliphatic rings. The third-order valence-corrected chi connectivity index (χ3v) is 5.78. The number of rotatable bonds is 10. The van der Waals surface area contributed by atoms with Crippen molar-refractivity contribution in [2.75, 3.05) is 20.3 Å². The summed E-state index contributed by atoms with van der Waals surface area (Å²) in [5.41, 5.74) is -0.742. The van der Waals surface area contributed by atoms with Crippen LogP contribution in [0, 0.1) is 27.2 Å². The largest absolute Gasteiger partial charge is 0.383 e. The first kappa shape index (κ1) is 23.9. The van der Waals surface area contributed by atoms with Crippen LogP contribution in [0.2, 0.25) is 0 Å². The van der Waals surface area contributed by atoms with Crippen molar-refractivity contribution in [1.29, 1.82) is 0 Å². The monoisotopic (exact) mass is 452 g/mol. The molecular formula is C18H20N4O8S. The van der Waals surface area contributed by atoms with E-state index in [-0.39, 0.29) is 35.7 Å². The zero-order valence-electron chi connectivity index (χ0n) is 16.7. The number of sulfonamides is 1. The normalized spacial score (nSPS) is 11.2. The van der Waals surface area contributed by atoms with E-state index in [1.165, 1.54) is 38.3 Å². The number of hydrogen-bond acceptors (Lipinski definition) is 8. The fraction of sp³-hybridized carbons (Fsp3) is 0.278. The molecule has 0 fully saturated rings. The van der Waals surface area contributed by atoms with Crippen molar-refractivity contribution < 1.29 is 27.8 Å². The summed E-state index contributed by atoms with van der Waals surface area (Å²) in [6.07, 6.45) is 0. The average molecular weight is 452 g/mol. The van der Waals surface area contributed by atoms with Crippen LogP contribution in [-0.4, -0.2) is 44.4 Å². The molecule has 0 spiro atoms. The fourth-order valence-corrected chi connectivity index (χ4v) is 3.65. The number of benzene rings is 2. The smallest absolute Gasteiger partial charge is 0.279 e. The zero-order chi connectivity index (χ0) is 23.2. The highest BCUT2D eigenvalue weighted by molar-refractivity contribution is 7.89. The standard InChI is InChI=1S/C18H20N4O8S/c1-12-16(9-14(21(24)25)10-17(12)22(26)27)18(23)19-11-13-3-5-15(6-4-13)31(28,29)20-7-8-30-2/h3-6,9-10,20H,7-8,11H2,1-2H3,(H,19,23). The van der Waals surface area contributed by atoms with Gasteiger partial charge in [0.2, 0.25) is 10.0 Å². The Morgan fingerprint density at radius 1 is 1.10 bits per heavy atom. The molecule has 0 heterocycles. The number of nitro benzene ring substituents is 2. The Morgan fingerprint density at radius 2 is 1.74 bits per heavy atom. The lowest BCUT2D eigenvalue weighted by Gasteiger charge is -2.10. The predicted octanol–water partition coefficient (Wildman–Crippen LogP) is 1.67. The van der Waals surface area contributed by atoms with Gasteiger partial charge in [-0.05, 0) is 24.6 Å². The van der Waals surface area contributed by atoms with Crippen molar-refractivity contribution in [1.82, 2.24) is 10.0 Å². The van der Waals surface area contributed by atoms with Gasteiger partial charge in [-0.1, -0.05) is 12.1 Å². The number of nitro groups is 2.